The lowest BCUT2D eigenvalue weighted by Gasteiger charge is -2.00. The van der Waals surface area contributed by atoms with Gasteiger partial charge in [0, 0.05) is 23.3 Å². The Morgan fingerprint density at radius 2 is 2.08 bits per heavy atom. The molecular formula is C9H9Cl2N. The molecule has 0 bridgehead atoms. The molecule has 1 aromatic rings. The maximum Gasteiger partial charge on any atom is 0.0438 e. The Labute approximate surface area is 83.5 Å². The molecule has 3 heteroatoms. The van der Waals surface area contributed by atoms with Crippen LogP contribution >= 0.6 is 24.0 Å². The van der Waals surface area contributed by atoms with Crippen LogP contribution in [0.25, 0.3) is 0 Å². The molecule has 0 saturated carbocycles. The fraction of sp³-hybridized carbons (Fsp3) is 0.111. The first kappa shape index (κ1) is 11.2. The number of benzene rings is 1. The third-order valence-electron chi connectivity index (χ3n) is 1.35. The minimum Gasteiger partial charge on any atom is -0.388 e. The monoisotopic (exact) mass is 201 g/mol. The molecular weight excluding hydrogens is 193 g/mol. The van der Waals surface area contributed by atoms with E-state index in [0.717, 1.165) is 11.3 Å². The number of halogens is 2. The summed E-state index contributed by atoms with van der Waals surface area (Å²) < 4.78 is 0. The number of rotatable bonds is 1. The molecule has 0 aliphatic carbocycles. The van der Waals surface area contributed by atoms with Gasteiger partial charge in [-0.05, 0) is 18.2 Å². The van der Waals surface area contributed by atoms with Gasteiger partial charge >= 0.3 is 0 Å². The van der Waals surface area contributed by atoms with E-state index in [1.807, 2.05) is 19.2 Å². The normalized spacial score (nSPS) is 8.08. The average molecular weight is 202 g/mol. The number of terminal acetylenes is 1. The van der Waals surface area contributed by atoms with Crippen molar-refractivity contribution in [2.24, 2.45) is 0 Å². The molecule has 0 aromatic heterocycles. The van der Waals surface area contributed by atoms with Crippen molar-refractivity contribution in [3.63, 3.8) is 0 Å². The van der Waals surface area contributed by atoms with Gasteiger partial charge < -0.3 is 5.32 Å². The van der Waals surface area contributed by atoms with Crippen LogP contribution in [0.3, 0.4) is 0 Å². The molecule has 1 aromatic carbocycles. The SMILES string of the molecule is C#Cc1cc(Cl)cc(NC)c1.Cl. The van der Waals surface area contributed by atoms with E-state index in [0.29, 0.717) is 5.02 Å². The van der Waals surface area contributed by atoms with E-state index in [1.54, 1.807) is 6.07 Å². The molecule has 1 nitrogen and oxygen atoms in total. The Morgan fingerprint density at radius 3 is 2.58 bits per heavy atom. The molecule has 0 aliphatic heterocycles. The summed E-state index contributed by atoms with van der Waals surface area (Å²) in [5, 5.41) is 3.62. The van der Waals surface area contributed by atoms with Crippen molar-refractivity contribution < 1.29 is 0 Å². The fourth-order valence-electron chi connectivity index (χ4n) is 0.817. The summed E-state index contributed by atoms with van der Waals surface area (Å²) in [6.07, 6.45) is 5.21. The van der Waals surface area contributed by atoms with Gasteiger partial charge in [-0.25, -0.2) is 0 Å². The second-order valence-corrected chi connectivity index (χ2v) is 2.56. The lowest BCUT2D eigenvalue weighted by Crippen LogP contribution is -1.88. The van der Waals surface area contributed by atoms with Crippen molar-refractivity contribution in [3.05, 3.63) is 28.8 Å². The summed E-state index contributed by atoms with van der Waals surface area (Å²) in [7, 11) is 1.83. The first-order valence-corrected chi connectivity index (χ1v) is 3.59. The molecule has 0 saturated heterocycles. The maximum absolute atomic E-state index is 5.77. The maximum atomic E-state index is 5.77. The molecule has 1 rings (SSSR count). The Morgan fingerprint density at radius 1 is 1.42 bits per heavy atom. The van der Waals surface area contributed by atoms with E-state index < -0.39 is 0 Å². The molecule has 64 valence electrons. The van der Waals surface area contributed by atoms with Gasteiger partial charge in [-0.2, -0.15) is 0 Å². The second-order valence-electron chi connectivity index (χ2n) is 2.12. The fourth-order valence-corrected chi connectivity index (χ4v) is 1.05. The lowest BCUT2D eigenvalue weighted by atomic mass is 10.2. The number of anilines is 1. The summed E-state index contributed by atoms with van der Waals surface area (Å²) in [6, 6.07) is 5.44. The predicted molar refractivity (Wildman–Crippen MR) is 56.2 cm³/mol. The van der Waals surface area contributed by atoms with Crippen LogP contribution in [-0.4, -0.2) is 7.05 Å². The van der Waals surface area contributed by atoms with E-state index in [-0.39, 0.29) is 12.4 Å². The minimum atomic E-state index is 0. The van der Waals surface area contributed by atoms with Gasteiger partial charge in [0.25, 0.3) is 0 Å². The van der Waals surface area contributed by atoms with Crippen molar-refractivity contribution in [1.29, 1.82) is 0 Å². The highest BCUT2D eigenvalue weighted by molar-refractivity contribution is 6.31. The summed E-state index contributed by atoms with van der Waals surface area (Å²) in [5.41, 5.74) is 1.73. The topological polar surface area (TPSA) is 12.0 Å². The first-order chi connectivity index (χ1) is 5.26. The van der Waals surface area contributed by atoms with Gasteiger partial charge in [-0.3, -0.25) is 0 Å². The van der Waals surface area contributed by atoms with Crippen molar-refractivity contribution in [2.45, 2.75) is 0 Å². The molecule has 0 aliphatic rings. The first-order valence-electron chi connectivity index (χ1n) is 3.21. The third-order valence-corrected chi connectivity index (χ3v) is 1.57. The zero-order chi connectivity index (χ0) is 8.27. The zero-order valence-electron chi connectivity index (χ0n) is 6.60. The van der Waals surface area contributed by atoms with E-state index in [9.17, 15) is 0 Å². The van der Waals surface area contributed by atoms with Crippen LogP contribution in [0.15, 0.2) is 18.2 Å². The third kappa shape index (κ3) is 2.65. The number of nitrogens with one attached hydrogen (secondary N) is 1. The van der Waals surface area contributed by atoms with Crippen LogP contribution in [0.5, 0.6) is 0 Å². The Hall–Kier alpha value is -0.840. The van der Waals surface area contributed by atoms with Crippen molar-refractivity contribution in [1.82, 2.24) is 0 Å². The molecule has 1 N–H and O–H groups in total. The van der Waals surface area contributed by atoms with Gasteiger partial charge in [-0.15, -0.1) is 18.8 Å². The van der Waals surface area contributed by atoms with Crippen LogP contribution in [0.2, 0.25) is 5.02 Å². The molecule has 12 heavy (non-hydrogen) atoms. The van der Waals surface area contributed by atoms with Gasteiger partial charge in [0.15, 0.2) is 0 Å². The highest BCUT2D eigenvalue weighted by atomic mass is 35.5. The highest BCUT2D eigenvalue weighted by Crippen LogP contribution is 2.17. The molecule has 0 atom stereocenters. The van der Waals surface area contributed by atoms with Crippen LogP contribution < -0.4 is 5.32 Å². The van der Waals surface area contributed by atoms with Crippen molar-refractivity contribution in [3.8, 4) is 12.3 Å². The van der Waals surface area contributed by atoms with E-state index >= 15 is 0 Å². The second kappa shape index (κ2) is 4.92. The summed E-state index contributed by atoms with van der Waals surface area (Å²) in [5.74, 6) is 2.52. The van der Waals surface area contributed by atoms with Crippen LogP contribution in [0.1, 0.15) is 5.56 Å². The van der Waals surface area contributed by atoms with Crippen LogP contribution in [-0.2, 0) is 0 Å². The minimum absolute atomic E-state index is 0. The van der Waals surface area contributed by atoms with E-state index in [4.69, 9.17) is 18.0 Å². The standard InChI is InChI=1S/C9H8ClN.ClH/c1-3-7-4-8(10)6-9(5-7)11-2;/h1,4-6,11H,2H3;1H. The molecule has 0 amide bonds. The van der Waals surface area contributed by atoms with Crippen molar-refractivity contribution >= 4 is 29.7 Å². The molecule has 0 unspecified atom stereocenters. The molecule has 0 radical (unpaired) electrons. The smallest absolute Gasteiger partial charge is 0.0438 e. The van der Waals surface area contributed by atoms with Crippen molar-refractivity contribution in [2.75, 3.05) is 12.4 Å². The summed E-state index contributed by atoms with van der Waals surface area (Å²) >= 11 is 5.77. The Bertz CT molecular complexity index is 302. The zero-order valence-corrected chi connectivity index (χ0v) is 8.17. The van der Waals surface area contributed by atoms with Gasteiger partial charge in [0.1, 0.15) is 0 Å². The molecule has 0 spiro atoms. The number of hydrogen-bond acceptors (Lipinski definition) is 1. The van der Waals surface area contributed by atoms with E-state index in [1.165, 1.54) is 0 Å². The quantitative estimate of drug-likeness (QED) is 0.690. The largest absolute Gasteiger partial charge is 0.388 e. The van der Waals surface area contributed by atoms with Crippen LogP contribution in [0, 0.1) is 12.3 Å². The molecule has 0 fully saturated rings. The lowest BCUT2D eigenvalue weighted by molar-refractivity contribution is 1.50. The number of hydrogen-bond donors (Lipinski definition) is 1. The summed E-state index contributed by atoms with van der Waals surface area (Å²) in [4.78, 5) is 0. The average Bonchev–Trinajstić information content (AvgIpc) is 2.03. The molecule has 0 heterocycles. The van der Waals surface area contributed by atoms with Crippen LogP contribution in [0.4, 0.5) is 5.69 Å². The van der Waals surface area contributed by atoms with Gasteiger partial charge in [0.2, 0.25) is 0 Å². The van der Waals surface area contributed by atoms with Gasteiger partial charge in [0.05, 0.1) is 0 Å². The summed E-state index contributed by atoms with van der Waals surface area (Å²) in [6.45, 7) is 0. The van der Waals surface area contributed by atoms with Gasteiger partial charge in [-0.1, -0.05) is 17.5 Å². The predicted octanol–water partition coefficient (Wildman–Crippen LogP) is 2.78. The highest BCUT2D eigenvalue weighted by Gasteiger charge is 1.94. The van der Waals surface area contributed by atoms with E-state index in [2.05, 4.69) is 11.2 Å². The Kier molecular flexibility index (Phi) is 4.58. The Balaban J connectivity index is 0.00000121.